The van der Waals surface area contributed by atoms with Gasteiger partial charge in [0.1, 0.15) is 5.82 Å². The number of rotatable bonds is 7. The molecule has 2 aliphatic rings. The summed E-state index contributed by atoms with van der Waals surface area (Å²) >= 11 is 0. The Morgan fingerprint density at radius 3 is 2.19 bits per heavy atom. The zero-order chi connectivity index (χ0) is 22.8. The van der Waals surface area contributed by atoms with Crippen LogP contribution in [-0.4, -0.2) is 67.1 Å². The van der Waals surface area contributed by atoms with Crippen molar-refractivity contribution >= 4 is 25.7 Å². The van der Waals surface area contributed by atoms with Gasteiger partial charge in [0, 0.05) is 38.4 Å². The molecule has 0 bridgehead atoms. The van der Waals surface area contributed by atoms with Gasteiger partial charge in [0.25, 0.3) is 0 Å². The minimum Gasteiger partial charge on any atom is -0.379 e. The summed E-state index contributed by atoms with van der Waals surface area (Å²) in [4.78, 5) is 2.18. The molecule has 2 saturated heterocycles. The molecule has 174 valence electrons. The zero-order valence-electron chi connectivity index (χ0n) is 17.5. The molecule has 8 nitrogen and oxygen atoms in total. The zero-order valence-corrected chi connectivity index (χ0v) is 19.1. The summed E-state index contributed by atoms with van der Waals surface area (Å²) in [5, 5.41) is 0. The van der Waals surface area contributed by atoms with Crippen molar-refractivity contribution in [2.24, 2.45) is 5.92 Å². The Hall–Kier alpha value is -2.05. The maximum absolute atomic E-state index is 13.1. The molecular weight excluding hydrogens is 457 g/mol. The van der Waals surface area contributed by atoms with Gasteiger partial charge in [-0.1, -0.05) is 0 Å². The van der Waals surface area contributed by atoms with Crippen molar-refractivity contribution in [3.8, 4) is 0 Å². The molecule has 2 aromatic carbocycles. The molecule has 0 aromatic heterocycles. The Labute approximate surface area is 188 Å². The second-order valence-corrected chi connectivity index (χ2v) is 11.6. The van der Waals surface area contributed by atoms with Crippen LogP contribution in [0.4, 0.5) is 10.1 Å². The molecule has 4 rings (SSSR count). The number of benzene rings is 2. The first kappa shape index (κ1) is 23.1. The molecule has 0 spiro atoms. The summed E-state index contributed by atoms with van der Waals surface area (Å²) < 4.78 is 73.1. The fourth-order valence-electron chi connectivity index (χ4n) is 3.92. The molecule has 32 heavy (non-hydrogen) atoms. The van der Waals surface area contributed by atoms with E-state index >= 15 is 0 Å². The van der Waals surface area contributed by atoms with Gasteiger partial charge >= 0.3 is 0 Å². The van der Waals surface area contributed by atoms with Crippen molar-refractivity contribution in [3.63, 3.8) is 0 Å². The average Bonchev–Trinajstić information content (AvgIpc) is 3.28. The molecule has 1 atom stereocenters. The minimum absolute atomic E-state index is 0.0202. The molecule has 0 aliphatic carbocycles. The summed E-state index contributed by atoms with van der Waals surface area (Å²) in [7, 11) is -7.44. The number of nitrogens with zero attached hydrogens (tertiary/aromatic N) is 2. The molecule has 0 radical (unpaired) electrons. The SMILES string of the molecule is O=S(=O)(NCC1CCN(c2ccc(F)cc2)C1)c1ccc(S(=O)(=O)N2CCOCC2)cc1. The van der Waals surface area contributed by atoms with Gasteiger partial charge in [-0.15, -0.1) is 0 Å². The number of hydrogen-bond acceptors (Lipinski definition) is 6. The number of anilines is 1. The fraction of sp³-hybridized carbons (Fsp3) is 0.429. The summed E-state index contributed by atoms with van der Waals surface area (Å²) in [6, 6.07) is 11.5. The third-order valence-corrected chi connectivity index (χ3v) is 9.13. The molecule has 1 unspecified atom stereocenters. The van der Waals surface area contributed by atoms with E-state index in [2.05, 4.69) is 9.62 Å². The molecule has 1 N–H and O–H groups in total. The third kappa shape index (κ3) is 5.12. The van der Waals surface area contributed by atoms with E-state index in [9.17, 15) is 21.2 Å². The van der Waals surface area contributed by atoms with Crippen LogP contribution in [0.1, 0.15) is 6.42 Å². The lowest BCUT2D eigenvalue weighted by Gasteiger charge is -2.26. The van der Waals surface area contributed by atoms with Gasteiger partial charge in [-0.2, -0.15) is 4.31 Å². The van der Waals surface area contributed by atoms with Crippen LogP contribution in [0.3, 0.4) is 0 Å². The highest BCUT2D eigenvalue weighted by Gasteiger charge is 2.28. The Balaban J connectivity index is 1.36. The van der Waals surface area contributed by atoms with Gasteiger partial charge in [-0.3, -0.25) is 0 Å². The average molecular weight is 484 g/mol. The Bertz CT molecular complexity index is 1130. The molecule has 2 fully saturated rings. The summed E-state index contributed by atoms with van der Waals surface area (Å²) in [6.45, 7) is 2.95. The van der Waals surface area contributed by atoms with E-state index in [1.807, 2.05) is 0 Å². The van der Waals surface area contributed by atoms with Gasteiger partial charge in [-0.05, 0) is 60.9 Å². The molecule has 2 aromatic rings. The second-order valence-electron chi connectivity index (χ2n) is 7.92. The van der Waals surface area contributed by atoms with Crippen LogP contribution in [0.25, 0.3) is 0 Å². The lowest BCUT2D eigenvalue weighted by molar-refractivity contribution is 0.0730. The Kier molecular flexibility index (Phi) is 6.82. The maximum atomic E-state index is 13.1. The quantitative estimate of drug-likeness (QED) is 0.644. The van der Waals surface area contributed by atoms with E-state index in [0.29, 0.717) is 19.8 Å². The van der Waals surface area contributed by atoms with Crippen LogP contribution in [0.2, 0.25) is 0 Å². The lowest BCUT2D eigenvalue weighted by Crippen LogP contribution is -2.40. The molecule has 11 heteroatoms. The van der Waals surface area contributed by atoms with Gasteiger partial charge < -0.3 is 9.64 Å². The number of hydrogen-bond donors (Lipinski definition) is 1. The van der Waals surface area contributed by atoms with Gasteiger partial charge in [0.2, 0.25) is 20.0 Å². The number of sulfonamides is 2. The second kappa shape index (κ2) is 9.44. The van der Waals surface area contributed by atoms with E-state index < -0.39 is 20.0 Å². The van der Waals surface area contributed by atoms with E-state index in [4.69, 9.17) is 4.74 Å². The molecule has 2 heterocycles. The van der Waals surface area contributed by atoms with Crippen LogP contribution in [-0.2, 0) is 24.8 Å². The normalized spacial score (nSPS) is 20.5. The van der Waals surface area contributed by atoms with Crippen LogP contribution in [0.15, 0.2) is 58.3 Å². The highest BCUT2D eigenvalue weighted by atomic mass is 32.2. The number of morpholine rings is 1. The first-order valence-corrected chi connectivity index (χ1v) is 13.4. The Morgan fingerprint density at radius 1 is 0.906 bits per heavy atom. The smallest absolute Gasteiger partial charge is 0.243 e. The highest BCUT2D eigenvalue weighted by Crippen LogP contribution is 2.24. The van der Waals surface area contributed by atoms with E-state index in [-0.39, 0.29) is 41.2 Å². The standard InChI is InChI=1S/C21H26FN3O5S2/c22-18-1-3-19(4-2-18)24-10-9-17(16-24)15-23-31(26,27)20-5-7-21(8-6-20)32(28,29)25-11-13-30-14-12-25/h1-8,17,23H,9-16H2. The Morgan fingerprint density at radius 2 is 1.53 bits per heavy atom. The predicted octanol–water partition coefficient (Wildman–Crippen LogP) is 1.65. The van der Waals surface area contributed by atoms with E-state index in [1.54, 1.807) is 12.1 Å². The van der Waals surface area contributed by atoms with Crippen LogP contribution >= 0.6 is 0 Å². The molecule has 0 saturated carbocycles. The lowest BCUT2D eigenvalue weighted by atomic mass is 10.1. The van der Waals surface area contributed by atoms with Crippen molar-refractivity contribution in [3.05, 3.63) is 54.3 Å². The summed E-state index contributed by atoms with van der Waals surface area (Å²) in [6.07, 6.45) is 0.816. The van der Waals surface area contributed by atoms with Crippen LogP contribution in [0, 0.1) is 11.7 Å². The van der Waals surface area contributed by atoms with Crippen molar-refractivity contribution in [2.75, 3.05) is 50.8 Å². The van der Waals surface area contributed by atoms with Crippen molar-refractivity contribution in [1.29, 1.82) is 0 Å². The number of nitrogens with one attached hydrogen (secondary N) is 1. The fourth-order valence-corrected chi connectivity index (χ4v) is 6.45. The largest absolute Gasteiger partial charge is 0.379 e. The maximum Gasteiger partial charge on any atom is 0.243 e. The minimum atomic E-state index is -3.77. The van der Waals surface area contributed by atoms with E-state index in [1.165, 1.54) is 40.7 Å². The van der Waals surface area contributed by atoms with Crippen molar-refractivity contribution < 1.29 is 26.0 Å². The third-order valence-electron chi connectivity index (χ3n) is 5.78. The monoisotopic (exact) mass is 483 g/mol. The topological polar surface area (TPSA) is 96.0 Å². The first-order chi connectivity index (χ1) is 15.3. The number of ether oxygens (including phenoxy) is 1. The first-order valence-electron chi connectivity index (χ1n) is 10.4. The number of halogens is 1. The molecular formula is C21H26FN3O5S2. The van der Waals surface area contributed by atoms with Gasteiger partial charge in [0.05, 0.1) is 23.0 Å². The van der Waals surface area contributed by atoms with Crippen LogP contribution < -0.4 is 9.62 Å². The predicted molar refractivity (Wildman–Crippen MR) is 118 cm³/mol. The highest BCUT2D eigenvalue weighted by molar-refractivity contribution is 7.89. The van der Waals surface area contributed by atoms with Gasteiger partial charge in [-0.25, -0.2) is 25.9 Å². The van der Waals surface area contributed by atoms with Crippen LogP contribution in [0.5, 0.6) is 0 Å². The summed E-state index contributed by atoms with van der Waals surface area (Å²) in [5.41, 5.74) is 0.911. The van der Waals surface area contributed by atoms with Gasteiger partial charge in [0.15, 0.2) is 0 Å². The van der Waals surface area contributed by atoms with Crippen molar-refractivity contribution in [1.82, 2.24) is 9.03 Å². The summed E-state index contributed by atoms with van der Waals surface area (Å²) in [5.74, 6) is -0.170. The molecule has 0 amide bonds. The van der Waals surface area contributed by atoms with Crippen molar-refractivity contribution in [2.45, 2.75) is 16.2 Å². The molecule has 2 aliphatic heterocycles. The van der Waals surface area contributed by atoms with E-state index in [0.717, 1.165) is 18.7 Å².